The van der Waals surface area contributed by atoms with Crippen LogP contribution in [-0.2, 0) is 10.9 Å². The SMILES string of the molecule is Nc1ncc(C(F)(F)F)c(-c2c[nH]c3nc(N4CCCOCC4)ccc23)n1. The molecule has 142 valence electrons. The van der Waals surface area contributed by atoms with Crippen molar-refractivity contribution in [1.82, 2.24) is 19.9 Å². The number of nitrogen functional groups attached to an aromatic ring is 1. The van der Waals surface area contributed by atoms with Crippen LogP contribution in [0.2, 0.25) is 0 Å². The van der Waals surface area contributed by atoms with Gasteiger partial charge in [-0.15, -0.1) is 0 Å². The van der Waals surface area contributed by atoms with E-state index in [0.717, 1.165) is 18.8 Å². The summed E-state index contributed by atoms with van der Waals surface area (Å²) in [4.78, 5) is 16.9. The van der Waals surface area contributed by atoms with Gasteiger partial charge in [0.2, 0.25) is 5.95 Å². The van der Waals surface area contributed by atoms with Crippen LogP contribution in [0.25, 0.3) is 22.3 Å². The molecule has 10 heteroatoms. The second kappa shape index (κ2) is 6.69. The zero-order chi connectivity index (χ0) is 19.0. The molecule has 0 spiro atoms. The van der Waals surface area contributed by atoms with Gasteiger partial charge >= 0.3 is 6.18 Å². The summed E-state index contributed by atoms with van der Waals surface area (Å²) in [6.07, 6.45) is -1.53. The molecule has 0 radical (unpaired) electrons. The van der Waals surface area contributed by atoms with Gasteiger partial charge in [-0.05, 0) is 18.6 Å². The van der Waals surface area contributed by atoms with Gasteiger partial charge in [0.1, 0.15) is 17.0 Å². The molecule has 1 aliphatic heterocycles. The summed E-state index contributed by atoms with van der Waals surface area (Å²) in [5.41, 5.74) is 5.09. The van der Waals surface area contributed by atoms with Crippen LogP contribution in [-0.4, -0.2) is 46.2 Å². The monoisotopic (exact) mass is 378 g/mol. The molecule has 0 atom stereocenters. The Balaban J connectivity index is 1.78. The molecule has 1 saturated heterocycles. The largest absolute Gasteiger partial charge is 0.419 e. The summed E-state index contributed by atoms with van der Waals surface area (Å²) < 4.78 is 45.5. The quantitative estimate of drug-likeness (QED) is 0.712. The van der Waals surface area contributed by atoms with Crippen LogP contribution in [0.5, 0.6) is 0 Å². The van der Waals surface area contributed by atoms with Crippen molar-refractivity contribution in [3.05, 3.63) is 30.1 Å². The number of nitrogens with zero attached hydrogens (tertiary/aromatic N) is 4. The number of H-pyrrole nitrogens is 1. The van der Waals surface area contributed by atoms with Crippen molar-refractivity contribution in [3.8, 4) is 11.3 Å². The average Bonchev–Trinajstić information content (AvgIpc) is 2.85. The number of ether oxygens (including phenoxy) is 1. The minimum absolute atomic E-state index is 0.221. The Morgan fingerprint density at radius 3 is 2.81 bits per heavy atom. The first-order valence-corrected chi connectivity index (χ1v) is 8.44. The highest BCUT2D eigenvalue weighted by molar-refractivity contribution is 5.94. The fourth-order valence-electron chi connectivity index (χ4n) is 3.15. The number of aromatic nitrogens is 4. The summed E-state index contributed by atoms with van der Waals surface area (Å²) in [5, 5.41) is 0.536. The summed E-state index contributed by atoms with van der Waals surface area (Å²) in [7, 11) is 0. The van der Waals surface area contributed by atoms with E-state index in [0.29, 0.717) is 37.0 Å². The van der Waals surface area contributed by atoms with Crippen molar-refractivity contribution >= 4 is 22.8 Å². The molecule has 4 rings (SSSR count). The third kappa shape index (κ3) is 3.39. The second-order valence-electron chi connectivity index (χ2n) is 6.21. The second-order valence-corrected chi connectivity index (χ2v) is 6.21. The number of hydrogen-bond acceptors (Lipinski definition) is 6. The highest BCUT2D eigenvalue weighted by atomic mass is 19.4. The third-order valence-electron chi connectivity index (χ3n) is 4.44. The number of aromatic amines is 1. The molecule has 0 saturated carbocycles. The maximum Gasteiger partial charge on any atom is 0.419 e. The molecule has 3 aromatic rings. The van der Waals surface area contributed by atoms with Crippen molar-refractivity contribution < 1.29 is 17.9 Å². The Labute approximate surface area is 152 Å². The van der Waals surface area contributed by atoms with Gasteiger partial charge in [0.05, 0.1) is 12.3 Å². The van der Waals surface area contributed by atoms with E-state index in [2.05, 4.69) is 24.8 Å². The van der Waals surface area contributed by atoms with Crippen molar-refractivity contribution in [2.75, 3.05) is 36.9 Å². The maximum atomic E-state index is 13.4. The predicted octanol–water partition coefficient (Wildman–Crippen LogP) is 2.85. The van der Waals surface area contributed by atoms with Crippen molar-refractivity contribution in [1.29, 1.82) is 0 Å². The number of nitrogens with one attached hydrogen (secondary N) is 1. The Kier molecular flexibility index (Phi) is 4.34. The molecule has 3 aromatic heterocycles. The molecule has 27 heavy (non-hydrogen) atoms. The molecule has 4 heterocycles. The van der Waals surface area contributed by atoms with Gasteiger partial charge in [0.25, 0.3) is 0 Å². The number of nitrogens with two attached hydrogens (primary N) is 1. The van der Waals surface area contributed by atoms with Crippen LogP contribution in [0.15, 0.2) is 24.5 Å². The van der Waals surface area contributed by atoms with Crippen LogP contribution < -0.4 is 10.6 Å². The third-order valence-corrected chi connectivity index (χ3v) is 4.44. The molecule has 0 bridgehead atoms. The van der Waals surface area contributed by atoms with Crippen LogP contribution in [0.4, 0.5) is 24.9 Å². The number of anilines is 2. The normalized spacial score (nSPS) is 15.9. The highest BCUT2D eigenvalue weighted by Crippen LogP contribution is 2.38. The first-order valence-electron chi connectivity index (χ1n) is 8.44. The van der Waals surface area contributed by atoms with E-state index in [1.807, 2.05) is 0 Å². The predicted molar refractivity (Wildman–Crippen MR) is 94.2 cm³/mol. The van der Waals surface area contributed by atoms with Gasteiger partial charge < -0.3 is 20.4 Å². The number of pyridine rings is 1. The van der Waals surface area contributed by atoms with Gasteiger partial charge in [-0.25, -0.2) is 15.0 Å². The van der Waals surface area contributed by atoms with E-state index >= 15 is 0 Å². The summed E-state index contributed by atoms with van der Waals surface area (Å²) in [6.45, 7) is 2.85. The van der Waals surface area contributed by atoms with E-state index in [-0.39, 0.29) is 17.2 Å². The Bertz CT molecular complexity index is 963. The lowest BCUT2D eigenvalue weighted by Gasteiger charge is -2.20. The summed E-state index contributed by atoms with van der Waals surface area (Å²) in [6, 6.07) is 3.54. The number of fused-ring (bicyclic) bond motifs is 1. The molecular formula is C17H17F3N6O. The van der Waals surface area contributed by atoms with Crippen LogP contribution in [0, 0.1) is 0 Å². The standard InChI is InChI=1S/C17H17F3N6O/c18-17(19,20)12-9-23-16(21)25-14(12)11-8-22-15-10(11)2-3-13(24-15)26-4-1-6-27-7-5-26/h2-3,8-9H,1,4-7H2,(H,22,24)(H2,21,23,25). The summed E-state index contributed by atoms with van der Waals surface area (Å²) in [5.74, 6) is 0.529. The lowest BCUT2D eigenvalue weighted by atomic mass is 10.1. The Morgan fingerprint density at radius 1 is 1.15 bits per heavy atom. The number of hydrogen-bond donors (Lipinski definition) is 2. The summed E-state index contributed by atoms with van der Waals surface area (Å²) >= 11 is 0. The van der Waals surface area contributed by atoms with Gasteiger partial charge in [0, 0.05) is 43.0 Å². The van der Waals surface area contributed by atoms with Crippen LogP contribution >= 0.6 is 0 Å². The maximum absolute atomic E-state index is 13.4. The average molecular weight is 378 g/mol. The molecule has 1 aliphatic rings. The van der Waals surface area contributed by atoms with Crippen molar-refractivity contribution in [2.45, 2.75) is 12.6 Å². The van der Waals surface area contributed by atoms with Crippen molar-refractivity contribution in [3.63, 3.8) is 0 Å². The molecular weight excluding hydrogens is 361 g/mol. The zero-order valence-electron chi connectivity index (χ0n) is 14.3. The fraction of sp³-hybridized carbons (Fsp3) is 0.353. The molecule has 0 unspecified atom stereocenters. The molecule has 3 N–H and O–H groups in total. The first kappa shape index (κ1) is 17.5. The van der Waals surface area contributed by atoms with E-state index < -0.39 is 11.7 Å². The number of halogens is 3. The van der Waals surface area contributed by atoms with Crippen LogP contribution in [0.3, 0.4) is 0 Å². The van der Waals surface area contributed by atoms with Gasteiger partial charge in [-0.2, -0.15) is 13.2 Å². The molecule has 7 nitrogen and oxygen atoms in total. The van der Waals surface area contributed by atoms with E-state index in [1.54, 1.807) is 12.1 Å². The molecule has 0 aromatic carbocycles. The number of rotatable bonds is 2. The van der Waals surface area contributed by atoms with Gasteiger partial charge in [0.15, 0.2) is 0 Å². The topological polar surface area (TPSA) is 93.0 Å². The molecule has 0 amide bonds. The van der Waals surface area contributed by atoms with Crippen molar-refractivity contribution in [2.24, 2.45) is 0 Å². The zero-order valence-corrected chi connectivity index (χ0v) is 14.3. The van der Waals surface area contributed by atoms with E-state index in [4.69, 9.17) is 10.5 Å². The van der Waals surface area contributed by atoms with Gasteiger partial charge in [-0.1, -0.05) is 0 Å². The lowest BCUT2D eigenvalue weighted by Crippen LogP contribution is -2.26. The van der Waals surface area contributed by atoms with E-state index in [9.17, 15) is 13.2 Å². The number of alkyl halides is 3. The van der Waals surface area contributed by atoms with Crippen LogP contribution in [0.1, 0.15) is 12.0 Å². The van der Waals surface area contributed by atoms with E-state index in [1.165, 1.54) is 6.20 Å². The lowest BCUT2D eigenvalue weighted by molar-refractivity contribution is -0.137. The molecule has 1 fully saturated rings. The minimum Gasteiger partial charge on any atom is -0.380 e. The Hall–Kier alpha value is -2.88. The Morgan fingerprint density at radius 2 is 2.00 bits per heavy atom. The first-order chi connectivity index (χ1) is 12.9. The smallest absolute Gasteiger partial charge is 0.380 e. The minimum atomic E-state index is -4.59. The molecule has 0 aliphatic carbocycles. The fourth-order valence-corrected chi connectivity index (χ4v) is 3.15. The van der Waals surface area contributed by atoms with Gasteiger partial charge in [-0.3, -0.25) is 0 Å². The highest BCUT2D eigenvalue weighted by Gasteiger charge is 2.36.